The van der Waals surface area contributed by atoms with Gasteiger partial charge in [-0.1, -0.05) is 22.9 Å². The molecule has 1 N–H and O–H groups in total. The Bertz CT molecular complexity index is 448. The first-order chi connectivity index (χ1) is 8.47. The van der Waals surface area contributed by atoms with Gasteiger partial charge in [0.25, 0.3) is 0 Å². The highest BCUT2D eigenvalue weighted by atomic mass is 79.9. The van der Waals surface area contributed by atoms with Crippen LogP contribution in [0.1, 0.15) is 44.4 Å². The van der Waals surface area contributed by atoms with Gasteiger partial charge in [0, 0.05) is 26.6 Å². The maximum atomic E-state index is 13.9. The molecule has 4 heteroatoms. The van der Waals surface area contributed by atoms with Gasteiger partial charge in [-0.15, -0.1) is 11.8 Å². The molecule has 1 aromatic rings. The molecular formula is C14H19BrFNS. The van der Waals surface area contributed by atoms with E-state index in [4.69, 9.17) is 0 Å². The summed E-state index contributed by atoms with van der Waals surface area (Å²) in [5, 5.41) is 3.57. The third-order valence-electron chi connectivity index (χ3n) is 3.42. The van der Waals surface area contributed by atoms with Crippen molar-refractivity contribution in [1.29, 1.82) is 0 Å². The topological polar surface area (TPSA) is 12.0 Å². The molecule has 0 saturated heterocycles. The van der Waals surface area contributed by atoms with Crippen LogP contribution in [-0.4, -0.2) is 11.3 Å². The number of halogens is 2. The minimum Gasteiger partial charge on any atom is -0.309 e. The van der Waals surface area contributed by atoms with E-state index >= 15 is 0 Å². The monoisotopic (exact) mass is 331 g/mol. The highest BCUT2D eigenvalue weighted by Gasteiger charge is 2.38. The number of fused-ring (bicyclic) bond motifs is 1. The summed E-state index contributed by atoms with van der Waals surface area (Å²) >= 11 is 5.41. The molecule has 1 atom stereocenters. The van der Waals surface area contributed by atoms with Crippen molar-refractivity contribution >= 4 is 27.7 Å². The van der Waals surface area contributed by atoms with Crippen LogP contribution in [0.4, 0.5) is 4.39 Å². The van der Waals surface area contributed by atoms with Crippen molar-refractivity contribution in [3.63, 3.8) is 0 Å². The van der Waals surface area contributed by atoms with Crippen molar-refractivity contribution in [2.75, 3.05) is 6.54 Å². The second kappa shape index (κ2) is 5.51. The molecule has 1 heterocycles. The van der Waals surface area contributed by atoms with Crippen LogP contribution in [0.3, 0.4) is 0 Å². The van der Waals surface area contributed by atoms with E-state index < -0.39 is 0 Å². The lowest BCUT2D eigenvalue weighted by atomic mass is 9.90. The third kappa shape index (κ3) is 2.61. The minimum atomic E-state index is -0.0838. The van der Waals surface area contributed by atoms with E-state index in [1.54, 1.807) is 6.07 Å². The van der Waals surface area contributed by atoms with Gasteiger partial charge in [-0.3, -0.25) is 0 Å². The van der Waals surface area contributed by atoms with E-state index in [1.165, 1.54) is 0 Å². The average molecular weight is 332 g/mol. The van der Waals surface area contributed by atoms with Gasteiger partial charge in [0.1, 0.15) is 5.82 Å². The highest BCUT2D eigenvalue weighted by Crippen LogP contribution is 2.48. The summed E-state index contributed by atoms with van der Waals surface area (Å²) in [4.78, 5) is 0. The maximum absolute atomic E-state index is 13.9. The van der Waals surface area contributed by atoms with E-state index in [2.05, 4.69) is 42.0 Å². The fraction of sp³-hybridized carbons (Fsp3) is 0.571. The van der Waals surface area contributed by atoms with E-state index in [0.29, 0.717) is 0 Å². The van der Waals surface area contributed by atoms with Crippen molar-refractivity contribution in [1.82, 2.24) is 5.32 Å². The van der Waals surface area contributed by atoms with Crippen LogP contribution in [0.2, 0.25) is 0 Å². The van der Waals surface area contributed by atoms with Crippen LogP contribution in [0, 0.1) is 5.82 Å². The van der Waals surface area contributed by atoms with Crippen molar-refractivity contribution in [2.45, 2.75) is 43.7 Å². The molecule has 0 amide bonds. The first-order valence-electron chi connectivity index (χ1n) is 6.31. The Labute approximate surface area is 121 Å². The molecule has 0 bridgehead atoms. The second-order valence-corrected chi connectivity index (χ2v) is 7.68. The van der Waals surface area contributed by atoms with Crippen molar-refractivity contribution in [2.24, 2.45) is 0 Å². The van der Waals surface area contributed by atoms with E-state index in [0.717, 1.165) is 34.3 Å². The fourth-order valence-corrected chi connectivity index (χ4v) is 4.17. The Hall–Kier alpha value is -0.0600. The molecule has 18 heavy (non-hydrogen) atoms. The van der Waals surface area contributed by atoms with Crippen molar-refractivity contribution in [3.8, 4) is 0 Å². The molecule has 0 spiro atoms. The van der Waals surface area contributed by atoms with E-state index in [9.17, 15) is 4.39 Å². The zero-order valence-electron chi connectivity index (χ0n) is 11.0. The van der Waals surface area contributed by atoms with Crippen LogP contribution in [0.15, 0.2) is 16.6 Å². The summed E-state index contributed by atoms with van der Waals surface area (Å²) in [6.07, 6.45) is 1.08. The van der Waals surface area contributed by atoms with Gasteiger partial charge in [-0.05, 0) is 44.5 Å². The number of hydrogen-bond donors (Lipinski definition) is 1. The molecule has 0 saturated carbocycles. The summed E-state index contributed by atoms with van der Waals surface area (Å²) in [5.74, 6) is 0.664. The van der Waals surface area contributed by atoms with Gasteiger partial charge in [-0.2, -0.15) is 0 Å². The number of rotatable bonds is 3. The van der Waals surface area contributed by atoms with Crippen molar-refractivity contribution in [3.05, 3.63) is 33.5 Å². The standard InChI is InChI=1S/C14H19BrFNS/c1-4-7-17-13-12-9(8-18-14(13,2)3)11(16)6-5-10(12)15/h5-6,13,17H,4,7-8H2,1-3H3. The summed E-state index contributed by atoms with van der Waals surface area (Å²) in [5.41, 5.74) is 1.95. The minimum absolute atomic E-state index is 0.0818. The lowest BCUT2D eigenvalue weighted by Gasteiger charge is -2.40. The van der Waals surface area contributed by atoms with Gasteiger partial charge in [0.05, 0.1) is 0 Å². The Morgan fingerprint density at radius 2 is 2.22 bits per heavy atom. The predicted octanol–water partition coefficient (Wildman–Crippen LogP) is 4.65. The maximum Gasteiger partial charge on any atom is 0.127 e. The highest BCUT2D eigenvalue weighted by molar-refractivity contribution is 9.10. The molecule has 0 aromatic heterocycles. The normalized spacial score (nSPS) is 21.7. The smallest absolute Gasteiger partial charge is 0.127 e. The van der Waals surface area contributed by atoms with Gasteiger partial charge in [-0.25, -0.2) is 4.39 Å². The summed E-state index contributed by atoms with van der Waals surface area (Å²) < 4.78 is 15.0. The third-order valence-corrected chi connectivity index (χ3v) is 5.52. The largest absolute Gasteiger partial charge is 0.309 e. The quantitative estimate of drug-likeness (QED) is 0.864. The molecule has 0 aliphatic carbocycles. The number of nitrogens with one attached hydrogen (secondary N) is 1. The van der Waals surface area contributed by atoms with Crippen LogP contribution < -0.4 is 5.32 Å². The zero-order chi connectivity index (χ0) is 13.3. The SMILES string of the molecule is CCCNC1c2c(Br)ccc(F)c2CSC1(C)C. The van der Waals surface area contributed by atoms with Gasteiger partial charge >= 0.3 is 0 Å². The molecule has 0 radical (unpaired) electrons. The molecule has 100 valence electrons. The Morgan fingerprint density at radius 3 is 2.89 bits per heavy atom. The average Bonchev–Trinajstić information content (AvgIpc) is 2.32. The van der Waals surface area contributed by atoms with Gasteiger partial charge in [0.15, 0.2) is 0 Å². The number of thioether (sulfide) groups is 1. The van der Waals surface area contributed by atoms with Crippen LogP contribution in [0.5, 0.6) is 0 Å². The van der Waals surface area contributed by atoms with E-state index in [1.807, 2.05) is 17.8 Å². The molecular weight excluding hydrogens is 313 g/mol. The summed E-state index contributed by atoms with van der Waals surface area (Å²) in [7, 11) is 0. The molecule has 1 aromatic carbocycles. The Balaban J connectivity index is 2.47. The fourth-order valence-electron chi connectivity index (χ4n) is 2.39. The van der Waals surface area contributed by atoms with Crippen LogP contribution in [-0.2, 0) is 5.75 Å². The molecule has 0 fully saturated rings. The second-order valence-electron chi connectivity index (χ2n) is 5.20. The summed E-state index contributed by atoms with van der Waals surface area (Å²) in [6, 6.07) is 3.57. The molecule has 1 unspecified atom stereocenters. The summed E-state index contributed by atoms with van der Waals surface area (Å²) in [6.45, 7) is 7.56. The van der Waals surface area contributed by atoms with Crippen LogP contribution in [0.25, 0.3) is 0 Å². The molecule has 1 aliphatic heterocycles. The van der Waals surface area contributed by atoms with Crippen molar-refractivity contribution < 1.29 is 4.39 Å². The van der Waals surface area contributed by atoms with Gasteiger partial charge < -0.3 is 5.32 Å². The van der Waals surface area contributed by atoms with Crippen LogP contribution >= 0.6 is 27.7 Å². The zero-order valence-corrected chi connectivity index (χ0v) is 13.4. The molecule has 1 aliphatic rings. The first kappa shape index (κ1) is 14.4. The first-order valence-corrected chi connectivity index (χ1v) is 8.09. The van der Waals surface area contributed by atoms with E-state index in [-0.39, 0.29) is 16.6 Å². The number of benzene rings is 1. The molecule has 2 rings (SSSR count). The molecule has 1 nitrogen and oxygen atoms in total. The Morgan fingerprint density at radius 1 is 1.50 bits per heavy atom. The Kier molecular flexibility index (Phi) is 4.40. The lowest BCUT2D eigenvalue weighted by molar-refractivity contribution is 0.434. The predicted molar refractivity (Wildman–Crippen MR) is 80.5 cm³/mol. The lowest BCUT2D eigenvalue weighted by Crippen LogP contribution is -2.40. The van der Waals surface area contributed by atoms with Gasteiger partial charge in [0.2, 0.25) is 0 Å². The number of hydrogen-bond acceptors (Lipinski definition) is 2.